The third-order valence-corrected chi connectivity index (χ3v) is 3.30. The normalized spacial score (nSPS) is 18.4. The van der Waals surface area contributed by atoms with Gasteiger partial charge in [0.25, 0.3) is 0 Å². The van der Waals surface area contributed by atoms with Gasteiger partial charge in [0, 0.05) is 12.6 Å². The van der Waals surface area contributed by atoms with Gasteiger partial charge in [-0.15, -0.1) is 6.42 Å². The molecular weight excluding hydrogens is 208 g/mol. The molecule has 90 valence electrons. The van der Waals surface area contributed by atoms with Gasteiger partial charge in [0.2, 0.25) is 0 Å². The average molecular weight is 228 g/mol. The molecule has 0 aliphatic heterocycles. The molecule has 1 aliphatic rings. The summed E-state index contributed by atoms with van der Waals surface area (Å²) in [6.45, 7) is 2.55. The summed E-state index contributed by atoms with van der Waals surface area (Å²) in [5.41, 5.74) is 8.51. The van der Waals surface area contributed by atoms with E-state index in [2.05, 4.69) is 35.5 Å². The van der Waals surface area contributed by atoms with E-state index in [4.69, 9.17) is 12.2 Å². The van der Waals surface area contributed by atoms with E-state index in [1.807, 2.05) is 6.92 Å². The first kappa shape index (κ1) is 12.2. The van der Waals surface area contributed by atoms with Gasteiger partial charge in [0.05, 0.1) is 6.04 Å². The van der Waals surface area contributed by atoms with Crippen LogP contribution in [-0.2, 0) is 0 Å². The molecule has 0 aromatic heterocycles. The molecule has 0 amide bonds. The van der Waals surface area contributed by atoms with Crippen molar-refractivity contribution in [2.24, 2.45) is 5.73 Å². The van der Waals surface area contributed by atoms with Crippen LogP contribution in [-0.4, -0.2) is 12.6 Å². The van der Waals surface area contributed by atoms with Crippen LogP contribution < -0.4 is 11.1 Å². The zero-order chi connectivity index (χ0) is 12.3. The number of hydrogen-bond donors (Lipinski definition) is 2. The summed E-state index contributed by atoms with van der Waals surface area (Å²) in [5.74, 6) is 3.46. The SMILES string of the molecule is C#CC(C)NC(CN)c1cccc(C2CC2)c1. The predicted molar refractivity (Wildman–Crippen MR) is 71.6 cm³/mol. The summed E-state index contributed by atoms with van der Waals surface area (Å²) in [6, 6.07) is 8.92. The summed E-state index contributed by atoms with van der Waals surface area (Å²) in [6.07, 6.45) is 8.04. The van der Waals surface area contributed by atoms with Crippen LogP contribution in [0.5, 0.6) is 0 Å². The largest absolute Gasteiger partial charge is 0.329 e. The van der Waals surface area contributed by atoms with Crippen molar-refractivity contribution in [2.45, 2.75) is 37.8 Å². The molecule has 0 spiro atoms. The molecule has 0 saturated heterocycles. The summed E-state index contributed by atoms with van der Waals surface area (Å²) in [7, 11) is 0. The van der Waals surface area contributed by atoms with Crippen molar-refractivity contribution in [3.63, 3.8) is 0 Å². The Bertz CT molecular complexity index is 415. The maximum atomic E-state index is 5.82. The Balaban J connectivity index is 2.12. The first-order valence-electron chi connectivity index (χ1n) is 6.26. The molecule has 2 unspecified atom stereocenters. The van der Waals surface area contributed by atoms with E-state index in [-0.39, 0.29) is 12.1 Å². The van der Waals surface area contributed by atoms with Crippen molar-refractivity contribution in [1.82, 2.24) is 5.32 Å². The van der Waals surface area contributed by atoms with Gasteiger partial charge < -0.3 is 5.73 Å². The lowest BCUT2D eigenvalue weighted by molar-refractivity contribution is 0.518. The third-order valence-electron chi connectivity index (χ3n) is 3.30. The molecule has 1 fully saturated rings. The highest BCUT2D eigenvalue weighted by atomic mass is 15.0. The van der Waals surface area contributed by atoms with Crippen molar-refractivity contribution in [1.29, 1.82) is 0 Å². The molecule has 2 rings (SSSR count). The summed E-state index contributed by atoms with van der Waals surface area (Å²) in [4.78, 5) is 0. The topological polar surface area (TPSA) is 38.0 Å². The van der Waals surface area contributed by atoms with Gasteiger partial charge in [-0.25, -0.2) is 0 Å². The Labute approximate surface area is 104 Å². The monoisotopic (exact) mass is 228 g/mol. The van der Waals surface area contributed by atoms with Crippen LogP contribution in [0.15, 0.2) is 24.3 Å². The van der Waals surface area contributed by atoms with Crippen LogP contribution in [0.25, 0.3) is 0 Å². The smallest absolute Gasteiger partial charge is 0.0663 e. The van der Waals surface area contributed by atoms with Crippen LogP contribution in [0.2, 0.25) is 0 Å². The van der Waals surface area contributed by atoms with Gasteiger partial charge in [0.15, 0.2) is 0 Å². The van der Waals surface area contributed by atoms with Crippen LogP contribution >= 0.6 is 0 Å². The van der Waals surface area contributed by atoms with Crippen LogP contribution in [0.1, 0.15) is 42.9 Å². The molecule has 1 aliphatic carbocycles. The highest BCUT2D eigenvalue weighted by Crippen LogP contribution is 2.40. The zero-order valence-corrected chi connectivity index (χ0v) is 10.3. The second kappa shape index (κ2) is 5.35. The van der Waals surface area contributed by atoms with Crippen LogP contribution in [0.4, 0.5) is 0 Å². The molecule has 1 aromatic carbocycles. The van der Waals surface area contributed by atoms with Gasteiger partial charge in [-0.05, 0) is 36.8 Å². The molecule has 17 heavy (non-hydrogen) atoms. The number of rotatable bonds is 5. The number of nitrogens with one attached hydrogen (secondary N) is 1. The van der Waals surface area contributed by atoms with Gasteiger partial charge in [0.1, 0.15) is 0 Å². The molecule has 1 saturated carbocycles. The maximum absolute atomic E-state index is 5.82. The summed E-state index contributed by atoms with van der Waals surface area (Å²) < 4.78 is 0. The molecule has 0 heterocycles. The first-order valence-corrected chi connectivity index (χ1v) is 6.26. The van der Waals surface area contributed by atoms with Gasteiger partial charge >= 0.3 is 0 Å². The van der Waals surface area contributed by atoms with Crippen molar-refractivity contribution in [2.75, 3.05) is 6.54 Å². The van der Waals surface area contributed by atoms with E-state index < -0.39 is 0 Å². The Morgan fingerprint density at radius 1 is 1.53 bits per heavy atom. The van der Waals surface area contributed by atoms with Gasteiger partial charge in [-0.2, -0.15) is 0 Å². The fourth-order valence-electron chi connectivity index (χ4n) is 2.10. The van der Waals surface area contributed by atoms with E-state index in [0.717, 1.165) is 5.92 Å². The Hall–Kier alpha value is -1.30. The first-order chi connectivity index (χ1) is 8.24. The molecule has 2 nitrogen and oxygen atoms in total. The molecule has 2 heteroatoms. The molecule has 3 N–H and O–H groups in total. The quantitative estimate of drug-likeness (QED) is 0.758. The lowest BCUT2D eigenvalue weighted by Crippen LogP contribution is -2.34. The van der Waals surface area contributed by atoms with E-state index in [0.29, 0.717) is 6.54 Å². The second-order valence-corrected chi connectivity index (χ2v) is 4.79. The Morgan fingerprint density at radius 2 is 2.29 bits per heavy atom. The molecule has 0 bridgehead atoms. The van der Waals surface area contributed by atoms with Crippen LogP contribution in [0, 0.1) is 12.3 Å². The van der Waals surface area contributed by atoms with E-state index in [1.54, 1.807) is 0 Å². The fourth-order valence-corrected chi connectivity index (χ4v) is 2.10. The standard InChI is InChI=1S/C15H20N2/c1-3-11(2)17-15(10-16)14-6-4-5-13(9-14)12-7-8-12/h1,4-6,9,11-12,15,17H,7-8,10,16H2,2H3. The summed E-state index contributed by atoms with van der Waals surface area (Å²) >= 11 is 0. The minimum atomic E-state index is 0.0492. The fraction of sp³-hybridized carbons (Fsp3) is 0.467. The van der Waals surface area contributed by atoms with E-state index in [9.17, 15) is 0 Å². The highest BCUT2D eigenvalue weighted by molar-refractivity contribution is 5.31. The number of terminal acetylenes is 1. The lowest BCUT2D eigenvalue weighted by Gasteiger charge is -2.20. The highest BCUT2D eigenvalue weighted by Gasteiger charge is 2.24. The van der Waals surface area contributed by atoms with Crippen molar-refractivity contribution in [3.8, 4) is 12.3 Å². The lowest BCUT2D eigenvalue weighted by atomic mass is 10.0. The zero-order valence-electron chi connectivity index (χ0n) is 10.3. The van der Waals surface area contributed by atoms with Crippen molar-refractivity contribution >= 4 is 0 Å². The number of benzene rings is 1. The molecule has 1 aromatic rings. The second-order valence-electron chi connectivity index (χ2n) is 4.79. The minimum Gasteiger partial charge on any atom is -0.329 e. The maximum Gasteiger partial charge on any atom is 0.0663 e. The number of hydrogen-bond acceptors (Lipinski definition) is 2. The minimum absolute atomic E-state index is 0.0492. The van der Waals surface area contributed by atoms with Gasteiger partial charge in [-0.3, -0.25) is 5.32 Å². The molecule has 2 atom stereocenters. The number of nitrogens with two attached hydrogens (primary N) is 1. The third kappa shape index (κ3) is 3.09. The Kier molecular flexibility index (Phi) is 3.83. The van der Waals surface area contributed by atoms with E-state index in [1.165, 1.54) is 24.0 Å². The molecule has 0 radical (unpaired) electrons. The van der Waals surface area contributed by atoms with Crippen molar-refractivity contribution in [3.05, 3.63) is 35.4 Å². The average Bonchev–Trinajstić information content (AvgIpc) is 3.20. The molecular formula is C15H20N2. The summed E-state index contributed by atoms with van der Waals surface area (Å²) in [5, 5.41) is 3.36. The van der Waals surface area contributed by atoms with Gasteiger partial charge in [-0.1, -0.05) is 30.2 Å². The Morgan fingerprint density at radius 3 is 2.88 bits per heavy atom. The van der Waals surface area contributed by atoms with E-state index >= 15 is 0 Å². The predicted octanol–water partition coefficient (Wildman–Crippen LogP) is 2.18. The van der Waals surface area contributed by atoms with Crippen LogP contribution in [0.3, 0.4) is 0 Å². The van der Waals surface area contributed by atoms with Crippen molar-refractivity contribution < 1.29 is 0 Å².